The molecule has 2 aromatic rings. The molecule has 3 rings (SSSR count). The zero-order valence-electron chi connectivity index (χ0n) is 17.3. The molecule has 0 bridgehead atoms. The van der Waals surface area contributed by atoms with Crippen molar-refractivity contribution in [3.05, 3.63) is 64.7 Å². The van der Waals surface area contributed by atoms with Gasteiger partial charge in [0.1, 0.15) is 5.75 Å². The van der Waals surface area contributed by atoms with E-state index in [4.69, 9.17) is 4.74 Å². The number of aliphatic imine (C=N–C) groups is 1. The first-order valence-electron chi connectivity index (χ1n) is 10.3. The molecule has 3 N–H and O–H groups in total. The van der Waals surface area contributed by atoms with Gasteiger partial charge < -0.3 is 20.7 Å². The molecule has 0 spiro atoms. The summed E-state index contributed by atoms with van der Waals surface area (Å²) >= 11 is 0. The van der Waals surface area contributed by atoms with Crippen molar-refractivity contribution in [3.8, 4) is 5.75 Å². The molecule has 1 heterocycles. The van der Waals surface area contributed by atoms with Crippen molar-refractivity contribution < 1.29 is 9.53 Å². The number of ether oxygens (including phenoxy) is 1. The van der Waals surface area contributed by atoms with Crippen LogP contribution in [0, 0.1) is 6.92 Å². The summed E-state index contributed by atoms with van der Waals surface area (Å²) in [5.41, 5.74) is 4.33. The third kappa shape index (κ3) is 6.24. The normalized spacial score (nSPS) is 12.8. The van der Waals surface area contributed by atoms with Gasteiger partial charge in [-0.1, -0.05) is 29.8 Å². The summed E-state index contributed by atoms with van der Waals surface area (Å²) in [5, 5.41) is 9.45. The first-order chi connectivity index (χ1) is 14.2. The van der Waals surface area contributed by atoms with Gasteiger partial charge in [0.05, 0.1) is 6.61 Å². The second kappa shape index (κ2) is 10.5. The molecule has 2 aromatic carbocycles. The number of nitrogens with one attached hydrogen (secondary N) is 3. The molecular formula is C23H30N4O2. The number of hydrogen-bond acceptors (Lipinski definition) is 3. The van der Waals surface area contributed by atoms with Crippen LogP contribution in [0.25, 0.3) is 0 Å². The van der Waals surface area contributed by atoms with E-state index < -0.39 is 0 Å². The molecule has 154 valence electrons. The Morgan fingerprint density at radius 2 is 1.97 bits per heavy atom. The lowest BCUT2D eigenvalue weighted by Crippen LogP contribution is -2.41. The molecule has 0 radical (unpaired) electrons. The van der Waals surface area contributed by atoms with Crippen LogP contribution in [0.1, 0.15) is 34.0 Å². The van der Waals surface area contributed by atoms with Gasteiger partial charge in [-0.3, -0.25) is 9.79 Å². The van der Waals surface area contributed by atoms with E-state index in [0.29, 0.717) is 25.2 Å². The maximum atomic E-state index is 12.2. The number of carbonyl (C=O) groups is 1. The first kappa shape index (κ1) is 20.7. The standard InChI is InChI=1S/C23H30N4O2/c1-3-24-23(26-11-9-18-7-8-21-19(16-18)10-14-29-21)27-13-12-25-22(28)20-6-4-5-17(2)15-20/h4-8,15-16H,3,9-14H2,1-2H3,(H,25,28)(H2,24,26,27). The topological polar surface area (TPSA) is 74.8 Å². The predicted molar refractivity (Wildman–Crippen MR) is 117 cm³/mol. The molecule has 29 heavy (non-hydrogen) atoms. The third-order valence-electron chi connectivity index (χ3n) is 4.75. The number of fused-ring (bicyclic) bond motifs is 1. The lowest BCUT2D eigenvalue weighted by Gasteiger charge is -2.12. The van der Waals surface area contributed by atoms with Gasteiger partial charge in [0.15, 0.2) is 5.96 Å². The number of benzene rings is 2. The summed E-state index contributed by atoms with van der Waals surface area (Å²) in [4.78, 5) is 16.8. The fraction of sp³-hybridized carbons (Fsp3) is 0.391. The highest BCUT2D eigenvalue weighted by Crippen LogP contribution is 2.25. The smallest absolute Gasteiger partial charge is 0.251 e. The minimum absolute atomic E-state index is 0.0574. The van der Waals surface area contributed by atoms with Gasteiger partial charge in [-0.25, -0.2) is 0 Å². The van der Waals surface area contributed by atoms with Gasteiger partial charge in [-0.05, 0) is 49.6 Å². The number of nitrogens with zero attached hydrogens (tertiary/aromatic N) is 1. The Labute approximate surface area is 172 Å². The van der Waals surface area contributed by atoms with Gasteiger partial charge in [0.2, 0.25) is 0 Å². The van der Waals surface area contributed by atoms with Crippen LogP contribution in [0.2, 0.25) is 0 Å². The molecule has 0 unspecified atom stereocenters. The van der Waals surface area contributed by atoms with Crippen molar-refractivity contribution in [2.45, 2.75) is 26.7 Å². The number of rotatable bonds is 8. The fourth-order valence-corrected chi connectivity index (χ4v) is 3.28. The van der Waals surface area contributed by atoms with Gasteiger partial charge in [-0.2, -0.15) is 0 Å². The van der Waals surface area contributed by atoms with Gasteiger partial charge in [0, 0.05) is 38.2 Å². The summed E-state index contributed by atoms with van der Waals surface area (Å²) in [6, 6.07) is 14.0. The van der Waals surface area contributed by atoms with Crippen molar-refractivity contribution in [1.29, 1.82) is 0 Å². The van der Waals surface area contributed by atoms with E-state index in [1.807, 2.05) is 38.1 Å². The van der Waals surface area contributed by atoms with Gasteiger partial charge in [-0.15, -0.1) is 0 Å². The Kier molecular flexibility index (Phi) is 7.50. The maximum absolute atomic E-state index is 12.2. The number of hydrogen-bond donors (Lipinski definition) is 3. The molecule has 1 aliphatic heterocycles. The average molecular weight is 395 g/mol. The molecule has 0 fully saturated rings. The molecule has 1 amide bonds. The number of aryl methyl sites for hydroxylation is 1. The van der Waals surface area contributed by atoms with Crippen LogP contribution in [-0.4, -0.2) is 44.7 Å². The molecule has 0 atom stereocenters. The summed E-state index contributed by atoms with van der Waals surface area (Å²) in [6.45, 7) is 7.43. The van der Waals surface area contributed by atoms with Crippen LogP contribution >= 0.6 is 0 Å². The van der Waals surface area contributed by atoms with E-state index in [1.54, 1.807) is 0 Å². The molecular weight excluding hydrogens is 364 g/mol. The van der Waals surface area contributed by atoms with Crippen LogP contribution in [-0.2, 0) is 12.8 Å². The van der Waals surface area contributed by atoms with Crippen LogP contribution in [0.3, 0.4) is 0 Å². The van der Waals surface area contributed by atoms with E-state index in [1.165, 1.54) is 11.1 Å². The molecule has 6 heteroatoms. The second-order valence-electron chi connectivity index (χ2n) is 7.10. The summed E-state index contributed by atoms with van der Waals surface area (Å²) in [5.74, 6) is 1.72. The highest BCUT2D eigenvalue weighted by Gasteiger charge is 2.11. The van der Waals surface area contributed by atoms with Crippen molar-refractivity contribution in [2.75, 3.05) is 32.8 Å². The zero-order valence-corrected chi connectivity index (χ0v) is 17.3. The van der Waals surface area contributed by atoms with Crippen LogP contribution in [0.4, 0.5) is 0 Å². The number of guanidine groups is 1. The predicted octanol–water partition coefficient (Wildman–Crippen LogP) is 2.46. The van der Waals surface area contributed by atoms with E-state index in [0.717, 1.165) is 43.3 Å². The fourth-order valence-electron chi connectivity index (χ4n) is 3.28. The summed E-state index contributed by atoms with van der Waals surface area (Å²) in [7, 11) is 0. The van der Waals surface area contributed by atoms with Crippen molar-refractivity contribution in [1.82, 2.24) is 16.0 Å². The lowest BCUT2D eigenvalue weighted by atomic mass is 10.1. The summed E-state index contributed by atoms with van der Waals surface area (Å²) < 4.78 is 5.56. The van der Waals surface area contributed by atoms with Crippen LogP contribution in [0.5, 0.6) is 5.75 Å². The summed E-state index contributed by atoms with van der Waals surface area (Å²) in [6.07, 6.45) is 1.87. The van der Waals surface area contributed by atoms with E-state index in [9.17, 15) is 4.79 Å². The Morgan fingerprint density at radius 3 is 2.79 bits per heavy atom. The lowest BCUT2D eigenvalue weighted by molar-refractivity contribution is 0.0954. The number of carbonyl (C=O) groups excluding carboxylic acids is 1. The second-order valence-corrected chi connectivity index (χ2v) is 7.10. The van der Waals surface area contributed by atoms with Crippen LogP contribution in [0.15, 0.2) is 47.5 Å². The maximum Gasteiger partial charge on any atom is 0.251 e. The highest BCUT2D eigenvalue weighted by molar-refractivity contribution is 5.94. The molecule has 1 aliphatic rings. The average Bonchev–Trinajstić information content (AvgIpc) is 3.19. The minimum Gasteiger partial charge on any atom is -0.493 e. The van der Waals surface area contributed by atoms with Crippen molar-refractivity contribution in [3.63, 3.8) is 0 Å². The molecule has 0 aromatic heterocycles. The highest BCUT2D eigenvalue weighted by atomic mass is 16.5. The third-order valence-corrected chi connectivity index (χ3v) is 4.75. The van der Waals surface area contributed by atoms with Crippen molar-refractivity contribution >= 4 is 11.9 Å². The minimum atomic E-state index is -0.0574. The Balaban J connectivity index is 1.42. The molecule has 0 aliphatic carbocycles. The Bertz CT molecular complexity index is 864. The van der Waals surface area contributed by atoms with Gasteiger partial charge >= 0.3 is 0 Å². The molecule has 0 saturated carbocycles. The Morgan fingerprint density at radius 1 is 1.10 bits per heavy atom. The largest absolute Gasteiger partial charge is 0.493 e. The van der Waals surface area contributed by atoms with E-state index >= 15 is 0 Å². The monoisotopic (exact) mass is 394 g/mol. The van der Waals surface area contributed by atoms with E-state index in [2.05, 4.69) is 39.1 Å². The SMILES string of the molecule is CCNC(=NCCc1ccc2c(c1)CCO2)NCCNC(=O)c1cccc(C)c1. The van der Waals surface area contributed by atoms with Crippen LogP contribution < -0.4 is 20.7 Å². The molecule has 6 nitrogen and oxygen atoms in total. The van der Waals surface area contributed by atoms with Gasteiger partial charge in [0.25, 0.3) is 5.91 Å². The number of amides is 1. The molecule has 0 saturated heterocycles. The van der Waals surface area contributed by atoms with E-state index in [-0.39, 0.29) is 5.91 Å². The van der Waals surface area contributed by atoms with Crippen molar-refractivity contribution in [2.24, 2.45) is 4.99 Å². The quantitative estimate of drug-likeness (QED) is 0.365. The zero-order chi connectivity index (χ0) is 20.5. The Hall–Kier alpha value is -3.02. The first-order valence-corrected chi connectivity index (χ1v) is 10.3.